The normalized spacial score (nSPS) is 11.9. The van der Waals surface area contributed by atoms with Crippen molar-refractivity contribution in [2.45, 2.75) is 19.4 Å². The average molecular weight is 308 g/mol. The highest BCUT2D eigenvalue weighted by atomic mass is 35.5. The van der Waals surface area contributed by atoms with E-state index >= 15 is 0 Å². The summed E-state index contributed by atoms with van der Waals surface area (Å²) in [5.41, 5.74) is 0.538. The van der Waals surface area contributed by atoms with Gasteiger partial charge in [-0.3, -0.25) is 4.79 Å². The number of carboxylic acid groups (broad SMARTS) is 1. The van der Waals surface area contributed by atoms with Gasteiger partial charge in [-0.2, -0.15) is 0 Å². The van der Waals surface area contributed by atoms with Crippen molar-refractivity contribution in [1.29, 1.82) is 0 Å². The highest BCUT2D eigenvalue weighted by Gasteiger charge is 2.22. The lowest BCUT2D eigenvalue weighted by Gasteiger charge is -2.17. The molecule has 0 bridgehead atoms. The summed E-state index contributed by atoms with van der Waals surface area (Å²) < 4.78 is 0. The van der Waals surface area contributed by atoms with Gasteiger partial charge in [-0.05, 0) is 24.1 Å². The topological polar surface area (TPSA) is 95.1 Å². The average Bonchev–Trinajstić information content (AvgIpc) is 2.95. The molecule has 1 aromatic heterocycles. The molecule has 0 aliphatic carbocycles. The summed E-state index contributed by atoms with van der Waals surface area (Å²) in [7, 11) is 0. The highest BCUT2D eigenvalue weighted by Crippen LogP contribution is 2.19. The number of imidazole rings is 1. The Hall–Kier alpha value is -2.34. The van der Waals surface area contributed by atoms with Crippen LogP contribution in [0.3, 0.4) is 0 Å². The van der Waals surface area contributed by atoms with Crippen LogP contribution in [0.15, 0.2) is 30.6 Å². The summed E-state index contributed by atoms with van der Waals surface area (Å²) in [4.78, 5) is 29.3. The number of hydrogen-bond donors (Lipinski definition) is 3. The molecule has 0 radical (unpaired) electrons. The van der Waals surface area contributed by atoms with E-state index in [2.05, 4.69) is 15.3 Å². The Kier molecular flexibility index (Phi) is 4.59. The number of halogens is 1. The number of carboxylic acids is 1. The molecule has 21 heavy (non-hydrogen) atoms. The first-order valence-electron chi connectivity index (χ1n) is 6.36. The molecule has 1 aromatic carbocycles. The molecule has 7 heteroatoms. The number of H-pyrrole nitrogens is 1. The van der Waals surface area contributed by atoms with Gasteiger partial charge in [0.25, 0.3) is 5.91 Å². The smallest absolute Gasteiger partial charge is 0.354 e. The number of nitrogens with zero attached hydrogens (tertiary/aromatic N) is 1. The SMILES string of the molecule is CCC(NC(=O)c1nc[nH]c1C(=O)O)c1ccc(Cl)cc1. The number of aromatic carboxylic acids is 1. The molecule has 3 N–H and O–H groups in total. The van der Waals surface area contributed by atoms with E-state index in [1.54, 1.807) is 12.1 Å². The van der Waals surface area contributed by atoms with Crippen LogP contribution in [0.2, 0.25) is 5.02 Å². The number of aromatic amines is 1. The third-order valence-corrected chi connectivity index (χ3v) is 3.31. The van der Waals surface area contributed by atoms with Gasteiger partial charge in [-0.15, -0.1) is 0 Å². The van der Waals surface area contributed by atoms with Gasteiger partial charge in [0.15, 0.2) is 11.4 Å². The monoisotopic (exact) mass is 307 g/mol. The van der Waals surface area contributed by atoms with Crippen molar-refractivity contribution in [3.05, 3.63) is 52.6 Å². The van der Waals surface area contributed by atoms with Crippen LogP contribution in [0.25, 0.3) is 0 Å². The van der Waals surface area contributed by atoms with Gasteiger partial charge >= 0.3 is 5.97 Å². The van der Waals surface area contributed by atoms with Crippen LogP contribution in [0, 0.1) is 0 Å². The fourth-order valence-corrected chi connectivity index (χ4v) is 2.10. The standard InChI is InChI=1S/C14H14ClN3O3/c1-2-10(8-3-5-9(15)6-4-8)18-13(19)11-12(14(20)21)17-7-16-11/h3-7,10H,2H2,1H3,(H,16,17)(H,18,19)(H,20,21). The summed E-state index contributed by atoms with van der Waals surface area (Å²) in [6, 6.07) is 6.87. The van der Waals surface area contributed by atoms with Gasteiger partial charge in [-0.1, -0.05) is 30.7 Å². The van der Waals surface area contributed by atoms with E-state index in [1.807, 2.05) is 19.1 Å². The zero-order valence-corrected chi connectivity index (χ0v) is 12.0. The minimum absolute atomic E-state index is 0.130. The summed E-state index contributed by atoms with van der Waals surface area (Å²) in [6.45, 7) is 1.92. The van der Waals surface area contributed by atoms with Crippen LogP contribution < -0.4 is 5.32 Å². The summed E-state index contributed by atoms with van der Waals surface area (Å²) in [5, 5.41) is 12.4. The molecule has 1 unspecified atom stereocenters. The number of amides is 1. The minimum atomic E-state index is -1.22. The van der Waals surface area contributed by atoms with E-state index < -0.39 is 11.9 Å². The molecule has 0 aliphatic rings. The van der Waals surface area contributed by atoms with Crippen LogP contribution >= 0.6 is 11.6 Å². The molecule has 1 heterocycles. The van der Waals surface area contributed by atoms with E-state index in [0.29, 0.717) is 11.4 Å². The maximum atomic E-state index is 12.2. The molecule has 0 fully saturated rings. The molecule has 2 aromatic rings. The van der Waals surface area contributed by atoms with Crippen LogP contribution in [0.5, 0.6) is 0 Å². The van der Waals surface area contributed by atoms with E-state index in [0.717, 1.165) is 5.56 Å². The molecule has 1 amide bonds. The summed E-state index contributed by atoms with van der Waals surface area (Å²) in [5.74, 6) is -1.76. The predicted molar refractivity (Wildman–Crippen MR) is 77.5 cm³/mol. The summed E-state index contributed by atoms with van der Waals surface area (Å²) in [6.07, 6.45) is 1.84. The zero-order valence-electron chi connectivity index (χ0n) is 11.3. The molecule has 2 rings (SSSR count). The van der Waals surface area contributed by atoms with Crippen LogP contribution in [-0.2, 0) is 0 Å². The van der Waals surface area contributed by atoms with Crippen molar-refractivity contribution in [1.82, 2.24) is 15.3 Å². The molecule has 0 saturated carbocycles. The lowest BCUT2D eigenvalue weighted by Crippen LogP contribution is -2.29. The van der Waals surface area contributed by atoms with Gasteiger partial charge in [0, 0.05) is 5.02 Å². The molecule has 110 valence electrons. The van der Waals surface area contributed by atoms with Crippen molar-refractivity contribution in [3.63, 3.8) is 0 Å². The number of carbonyl (C=O) groups is 2. The number of hydrogen-bond acceptors (Lipinski definition) is 3. The van der Waals surface area contributed by atoms with Gasteiger partial charge in [0.1, 0.15) is 0 Å². The molecule has 0 spiro atoms. The maximum Gasteiger partial charge on any atom is 0.354 e. The van der Waals surface area contributed by atoms with Crippen molar-refractivity contribution >= 4 is 23.5 Å². The second-order valence-electron chi connectivity index (χ2n) is 4.42. The second kappa shape index (κ2) is 6.41. The van der Waals surface area contributed by atoms with Crippen molar-refractivity contribution in [2.75, 3.05) is 0 Å². The molecule has 0 saturated heterocycles. The predicted octanol–water partition coefficient (Wildman–Crippen LogP) is 2.64. The second-order valence-corrected chi connectivity index (χ2v) is 4.85. The lowest BCUT2D eigenvalue weighted by molar-refractivity contribution is 0.0684. The van der Waals surface area contributed by atoms with Gasteiger partial charge in [0.2, 0.25) is 0 Å². The Balaban J connectivity index is 2.18. The number of rotatable bonds is 5. The zero-order chi connectivity index (χ0) is 15.4. The fraction of sp³-hybridized carbons (Fsp3) is 0.214. The van der Waals surface area contributed by atoms with Crippen molar-refractivity contribution in [3.8, 4) is 0 Å². The highest BCUT2D eigenvalue weighted by molar-refractivity contribution is 6.30. The quantitative estimate of drug-likeness (QED) is 0.791. The van der Waals surface area contributed by atoms with Gasteiger partial charge in [-0.25, -0.2) is 9.78 Å². The molecular weight excluding hydrogens is 294 g/mol. The number of aromatic nitrogens is 2. The van der Waals surface area contributed by atoms with Crippen LogP contribution in [0.4, 0.5) is 0 Å². The third-order valence-electron chi connectivity index (χ3n) is 3.05. The number of carbonyl (C=O) groups excluding carboxylic acids is 1. The van der Waals surface area contributed by atoms with E-state index in [9.17, 15) is 9.59 Å². The Morgan fingerprint density at radius 3 is 2.62 bits per heavy atom. The first-order valence-corrected chi connectivity index (χ1v) is 6.73. The number of benzene rings is 1. The number of nitrogens with one attached hydrogen (secondary N) is 2. The van der Waals surface area contributed by atoms with E-state index in [4.69, 9.17) is 16.7 Å². The Labute approximate surface area is 126 Å². The molecule has 6 nitrogen and oxygen atoms in total. The third kappa shape index (κ3) is 3.41. The van der Waals surface area contributed by atoms with E-state index in [-0.39, 0.29) is 17.4 Å². The Morgan fingerprint density at radius 1 is 1.38 bits per heavy atom. The van der Waals surface area contributed by atoms with Crippen LogP contribution in [0.1, 0.15) is 45.9 Å². The maximum absolute atomic E-state index is 12.2. The Morgan fingerprint density at radius 2 is 2.05 bits per heavy atom. The van der Waals surface area contributed by atoms with E-state index in [1.165, 1.54) is 6.33 Å². The summed E-state index contributed by atoms with van der Waals surface area (Å²) >= 11 is 5.84. The first-order chi connectivity index (χ1) is 10.0. The van der Waals surface area contributed by atoms with Gasteiger partial charge < -0.3 is 15.4 Å². The molecular formula is C14H14ClN3O3. The minimum Gasteiger partial charge on any atom is -0.477 e. The molecule has 0 aliphatic heterocycles. The fourth-order valence-electron chi connectivity index (χ4n) is 1.97. The van der Waals surface area contributed by atoms with Crippen LogP contribution in [-0.4, -0.2) is 27.0 Å². The van der Waals surface area contributed by atoms with Crippen molar-refractivity contribution < 1.29 is 14.7 Å². The van der Waals surface area contributed by atoms with Gasteiger partial charge in [0.05, 0.1) is 12.4 Å². The largest absolute Gasteiger partial charge is 0.477 e. The first kappa shape index (κ1) is 15.1. The Bertz CT molecular complexity index is 652. The lowest BCUT2D eigenvalue weighted by atomic mass is 10.0. The van der Waals surface area contributed by atoms with Crippen molar-refractivity contribution in [2.24, 2.45) is 0 Å². The molecule has 1 atom stereocenters.